The number of carbonyl (C=O) groups is 1. The van der Waals surface area contributed by atoms with Crippen molar-refractivity contribution in [1.29, 1.82) is 10.5 Å². The van der Waals surface area contributed by atoms with E-state index in [0.717, 1.165) is 27.7 Å². The molecule has 0 aliphatic heterocycles. The number of benzene rings is 2. The van der Waals surface area contributed by atoms with Crippen molar-refractivity contribution in [3.63, 3.8) is 0 Å². The van der Waals surface area contributed by atoms with Gasteiger partial charge in [0.05, 0.1) is 36.8 Å². The van der Waals surface area contributed by atoms with Crippen LogP contribution in [0.5, 0.6) is 0 Å². The molecule has 0 amide bonds. The predicted octanol–water partition coefficient (Wildman–Crippen LogP) is 8.59. The lowest BCUT2D eigenvalue weighted by Gasteiger charge is -2.12. The Bertz CT molecular complexity index is 1600. The highest BCUT2D eigenvalue weighted by atomic mass is 35.5. The Balaban J connectivity index is 0.000000230. The van der Waals surface area contributed by atoms with Gasteiger partial charge in [-0.25, -0.2) is 9.36 Å². The number of hydrogen-bond acceptors (Lipinski definition) is 5. The number of alkyl halides is 6. The van der Waals surface area contributed by atoms with Crippen molar-refractivity contribution in [2.24, 2.45) is 0 Å². The fraction of sp³-hybridized carbons (Fsp3) is 0.0800. The van der Waals surface area contributed by atoms with E-state index >= 15 is 0 Å². The average Bonchev–Trinajstić information content (AvgIpc) is 3.50. The largest absolute Gasteiger partial charge is 0.416 e. The quantitative estimate of drug-likeness (QED) is 0.161. The highest BCUT2D eigenvalue weighted by Crippen LogP contribution is 2.38. The molecule has 0 spiro atoms. The van der Waals surface area contributed by atoms with E-state index in [1.165, 1.54) is 12.3 Å². The maximum Gasteiger partial charge on any atom is 0.416 e. The van der Waals surface area contributed by atoms with Gasteiger partial charge in [0.1, 0.15) is 23.5 Å². The van der Waals surface area contributed by atoms with Crippen molar-refractivity contribution in [1.82, 2.24) is 19.6 Å². The van der Waals surface area contributed by atoms with Gasteiger partial charge in [-0.05, 0) is 24.3 Å². The van der Waals surface area contributed by atoms with Crippen LogP contribution < -0.4 is 0 Å². The lowest BCUT2D eigenvalue weighted by atomic mass is 10.2. The molecule has 0 aliphatic carbocycles. The summed E-state index contributed by atoms with van der Waals surface area (Å²) in [6.07, 6.45) is -4.79. The Labute approximate surface area is 252 Å². The normalized spacial score (nSPS) is 11.2. The minimum atomic E-state index is -4.60. The van der Waals surface area contributed by atoms with Gasteiger partial charge in [0.25, 0.3) is 0 Å². The van der Waals surface area contributed by atoms with Crippen LogP contribution in [0.1, 0.15) is 38.4 Å². The van der Waals surface area contributed by atoms with Crippen LogP contribution in [0.2, 0.25) is 20.1 Å². The Morgan fingerprint density at radius 2 is 1.05 bits per heavy atom. The van der Waals surface area contributed by atoms with Gasteiger partial charge >= 0.3 is 12.4 Å². The van der Waals surface area contributed by atoms with Crippen LogP contribution in [-0.2, 0) is 12.4 Å². The molecule has 17 heteroatoms. The summed E-state index contributed by atoms with van der Waals surface area (Å²) in [5, 5.41) is 24.3. The lowest BCUT2D eigenvalue weighted by Crippen LogP contribution is -2.07. The van der Waals surface area contributed by atoms with Crippen molar-refractivity contribution in [3.8, 4) is 23.5 Å². The van der Waals surface area contributed by atoms with Gasteiger partial charge in [-0.3, -0.25) is 4.79 Å². The maximum atomic E-state index is 12.7. The Kier molecular flexibility index (Phi) is 9.65. The third-order valence-corrected chi connectivity index (χ3v) is 6.34. The summed E-state index contributed by atoms with van der Waals surface area (Å²) in [7, 11) is 0. The molecule has 4 rings (SSSR count). The summed E-state index contributed by atoms with van der Waals surface area (Å²) >= 11 is 23.4. The van der Waals surface area contributed by atoms with E-state index in [2.05, 4.69) is 16.8 Å². The zero-order valence-corrected chi connectivity index (χ0v) is 23.2. The number of hydrogen-bond donors (Lipinski definition) is 0. The van der Waals surface area contributed by atoms with E-state index in [1.807, 2.05) is 6.07 Å². The van der Waals surface area contributed by atoms with Gasteiger partial charge in [0.2, 0.25) is 0 Å². The van der Waals surface area contributed by atoms with E-state index < -0.39 is 23.5 Å². The fourth-order valence-corrected chi connectivity index (χ4v) is 4.63. The third kappa shape index (κ3) is 6.89. The van der Waals surface area contributed by atoms with E-state index in [9.17, 15) is 31.1 Å². The van der Waals surface area contributed by atoms with Crippen molar-refractivity contribution in [2.75, 3.05) is 0 Å². The molecule has 0 fully saturated rings. The fourth-order valence-electron chi connectivity index (χ4n) is 3.31. The van der Waals surface area contributed by atoms with Crippen LogP contribution in [0.25, 0.3) is 17.5 Å². The van der Waals surface area contributed by atoms with Crippen molar-refractivity contribution < 1.29 is 31.1 Å². The van der Waals surface area contributed by atoms with Crippen LogP contribution in [0.4, 0.5) is 26.3 Å². The molecule has 0 unspecified atom stereocenters. The van der Waals surface area contributed by atoms with E-state index in [4.69, 9.17) is 56.9 Å². The van der Waals surface area contributed by atoms with Gasteiger partial charge in [0.15, 0.2) is 17.7 Å². The standard InChI is InChI=1S/C13H6Cl2F3N3.C12H4Cl2F3N3O/c1-2-7-6-21(20-11(7)5-19)12-9(14)3-8(4-10(12)15)13(16,17)18;13-8-1-7(12(15,16)17)2-9(14)11(8)20-4-6(5-21)10(3-18)19-20/h2-4,6H,1H2;1-2,4-5H. The number of aldehydes is 1. The van der Waals surface area contributed by atoms with Gasteiger partial charge in [0, 0.05) is 18.0 Å². The van der Waals surface area contributed by atoms with Crippen LogP contribution in [-0.4, -0.2) is 25.8 Å². The van der Waals surface area contributed by atoms with Crippen molar-refractivity contribution >= 4 is 58.8 Å². The molecule has 0 aliphatic rings. The second kappa shape index (κ2) is 12.5. The maximum absolute atomic E-state index is 12.7. The highest BCUT2D eigenvalue weighted by Gasteiger charge is 2.33. The zero-order valence-electron chi connectivity index (χ0n) is 20.2. The van der Waals surface area contributed by atoms with Crippen molar-refractivity contribution in [3.05, 3.63) is 97.0 Å². The van der Waals surface area contributed by atoms with E-state index in [1.54, 1.807) is 6.07 Å². The highest BCUT2D eigenvalue weighted by molar-refractivity contribution is 6.38. The molecule has 2 heterocycles. The minimum absolute atomic E-state index is 0.0236. The van der Waals surface area contributed by atoms with Gasteiger partial charge in [-0.2, -0.15) is 47.1 Å². The summed E-state index contributed by atoms with van der Waals surface area (Å²) in [4.78, 5) is 10.8. The smallest absolute Gasteiger partial charge is 0.298 e. The molecule has 0 bridgehead atoms. The van der Waals surface area contributed by atoms with E-state index in [-0.39, 0.29) is 48.4 Å². The molecule has 2 aromatic carbocycles. The summed E-state index contributed by atoms with van der Waals surface area (Å²) < 4.78 is 78.0. The first kappa shape index (κ1) is 32.5. The molecule has 42 heavy (non-hydrogen) atoms. The van der Waals surface area contributed by atoms with Gasteiger partial charge < -0.3 is 0 Å². The SMILES string of the molecule is C=Cc1cn(-c2c(Cl)cc(C(F)(F)F)cc2Cl)nc1C#N.N#Cc1nn(-c2c(Cl)cc(C(F)(F)F)cc2Cl)cc1C=O. The second-order valence-corrected chi connectivity index (χ2v) is 9.50. The monoisotopic (exact) mass is 664 g/mol. The Morgan fingerprint density at radius 3 is 1.29 bits per heavy atom. The summed E-state index contributed by atoms with van der Waals surface area (Å²) in [6, 6.07) is 6.41. The number of nitriles is 2. The van der Waals surface area contributed by atoms with Crippen LogP contribution in [0.3, 0.4) is 0 Å². The van der Waals surface area contributed by atoms with Crippen LogP contribution >= 0.6 is 46.4 Å². The average molecular weight is 666 g/mol. The number of aromatic nitrogens is 4. The molecular weight excluding hydrogens is 656 g/mol. The molecule has 0 radical (unpaired) electrons. The van der Waals surface area contributed by atoms with E-state index in [0.29, 0.717) is 24.0 Å². The molecule has 0 saturated carbocycles. The van der Waals surface area contributed by atoms with Crippen LogP contribution in [0.15, 0.2) is 43.2 Å². The molecule has 0 N–H and O–H groups in total. The number of nitrogens with zero attached hydrogens (tertiary/aromatic N) is 6. The minimum Gasteiger partial charge on any atom is -0.298 e. The molecule has 0 atom stereocenters. The first-order chi connectivity index (χ1) is 19.5. The molecule has 7 nitrogen and oxygen atoms in total. The predicted molar refractivity (Wildman–Crippen MR) is 142 cm³/mol. The van der Waals surface area contributed by atoms with Crippen molar-refractivity contribution in [2.45, 2.75) is 12.4 Å². The number of carbonyl (C=O) groups excluding carboxylic acids is 1. The molecule has 0 saturated heterocycles. The van der Waals surface area contributed by atoms with Gasteiger partial charge in [-0.1, -0.05) is 59.1 Å². The zero-order chi connectivity index (χ0) is 31.6. The summed E-state index contributed by atoms with van der Waals surface area (Å²) in [5.74, 6) is 0. The first-order valence-electron chi connectivity index (χ1n) is 10.8. The Hall–Kier alpha value is -4.01. The lowest BCUT2D eigenvalue weighted by molar-refractivity contribution is -0.138. The Morgan fingerprint density at radius 1 is 0.714 bits per heavy atom. The molecular formula is C25H10Cl4F6N6O. The number of halogens is 10. The third-order valence-electron chi connectivity index (χ3n) is 5.19. The molecule has 4 aromatic rings. The molecule has 2 aromatic heterocycles. The second-order valence-electron chi connectivity index (χ2n) is 7.87. The first-order valence-corrected chi connectivity index (χ1v) is 12.3. The topological polar surface area (TPSA) is 100 Å². The summed E-state index contributed by atoms with van der Waals surface area (Å²) in [6.45, 7) is 3.52. The van der Waals surface area contributed by atoms with Gasteiger partial charge in [-0.15, -0.1) is 0 Å². The van der Waals surface area contributed by atoms with Crippen LogP contribution in [0, 0.1) is 22.7 Å². The number of rotatable bonds is 4. The summed E-state index contributed by atoms with van der Waals surface area (Å²) in [5.41, 5.74) is -1.67. The molecule has 216 valence electrons.